The molecule has 1 N–H and O–H groups in total. The summed E-state index contributed by atoms with van der Waals surface area (Å²) in [6, 6.07) is 1.25. The molecule has 3 heterocycles. The highest BCUT2D eigenvalue weighted by Gasteiger charge is 2.29. The van der Waals surface area contributed by atoms with Gasteiger partial charge in [-0.3, -0.25) is 9.69 Å². The highest BCUT2D eigenvalue weighted by Crippen LogP contribution is 2.38. The van der Waals surface area contributed by atoms with Gasteiger partial charge in [0.2, 0.25) is 5.43 Å². The summed E-state index contributed by atoms with van der Waals surface area (Å²) in [5, 5.41) is 9.53. The van der Waals surface area contributed by atoms with Crippen LogP contribution in [-0.2, 0) is 6.42 Å². The van der Waals surface area contributed by atoms with Gasteiger partial charge < -0.3 is 14.6 Å². The van der Waals surface area contributed by atoms with Gasteiger partial charge >= 0.3 is 5.97 Å². The molecule has 6 nitrogen and oxygen atoms in total. The Morgan fingerprint density at radius 2 is 2.07 bits per heavy atom. The van der Waals surface area contributed by atoms with Gasteiger partial charge in [-0.1, -0.05) is 5.92 Å². The summed E-state index contributed by atoms with van der Waals surface area (Å²) >= 11 is 0. The second kappa shape index (κ2) is 6.95. The monoisotopic (exact) mass is 383 g/mol. The third kappa shape index (κ3) is 2.85. The molecule has 2 aliphatic rings. The van der Waals surface area contributed by atoms with Crippen LogP contribution < -0.4 is 10.3 Å². The zero-order valence-electron chi connectivity index (χ0n) is 15.7. The van der Waals surface area contributed by atoms with E-state index >= 15 is 4.39 Å². The minimum absolute atomic E-state index is 0.0412. The molecule has 0 radical (unpaired) electrons. The van der Waals surface area contributed by atoms with Gasteiger partial charge in [-0.05, 0) is 25.8 Å². The van der Waals surface area contributed by atoms with E-state index < -0.39 is 17.2 Å². The average Bonchev–Trinajstić information content (AvgIpc) is 2.67. The van der Waals surface area contributed by atoms with Crippen LogP contribution in [0.3, 0.4) is 0 Å². The molecule has 4 rings (SSSR count). The Labute approximate surface area is 162 Å². The number of hydrogen-bond acceptors (Lipinski definition) is 4. The molecular formula is C21H22FN3O3. The molecule has 0 aliphatic carbocycles. The first-order valence-electron chi connectivity index (χ1n) is 9.46. The largest absolute Gasteiger partial charge is 0.477 e. The topological polar surface area (TPSA) is 65.8 Å². The number of anilines is 1. The molecule has 0 spiro atoms. The quantitative estimate of drug-likeness (QED) is 0.823. The number of aromatic nitrogens is 1. The number of aryl methyl sites for hydroxylation is 1. The van der Waals surface area contributed by atoms with Crippen molar-refractivity contribution in [2.75, 3.05) is 37.6 Å². The number of carboxylic acids is 1. The number of halogens is 1. The van der Waals surface area contributed by atoms with Crippen molar-refractivity contribution in [3.05, 3.63) is 39.4 Å². The van der Waals surface area contributed by atoms with E-state index in [-0.39, 0.29) is 17.0 Å². The fourth-order valence-electron chi connectivity index (χ4n) is 4.39. The normalized spacial score (nSPS) is 19.6. The van der Waals surface area contributed by atoms with Crippen molar-refractivity contribution < 1.29 is 14.3 Å². The Hall–Kier alpha value is -2.85. The van der Waals surface area contributed by atoms with Crippen molar-refractivity contribution in [3.8, 4) is 12.3 Å². The number of nitrogens with zero attached hydrogens (tertiary/aromatic N) is 3. The lowest BCUT2D eigenvalue weighted by Crippen LogP contribution is -2.47. The Morgan fingerprint density at radius 3 is 2.71 bits per heavy atom. The van der Waals surface area contributed by atoms with Crippen molar-refractivity contribution >= 4 is 22.6 Å². The van der Waals surface area contributed by atoms with E-state index in [1.807, 2.05) is 16.4 Å². The summed E-state index contributed by atoms with van der Waals surface area (Å²) in [5.41, 5.74) is 1.06. The van der Waals surface area contributed by atoms with E-state index in [0.29, 0.717) is 37.3 Å². The predicted octanol–water partition coefficient (Wildman–Crippen LogP) is 2.10. The Kier molecular flexibility index (Phi) is 4.60. The molecule has 2 aromatic rings. The van der Waals surface area contributed by atoms with Gasteiger partial charge in [0, 0.05) is 49.4 Å². The van der Waals surface area contributed by atoms with Crippen LogP contribution in [0.15, 0.2) is 17.1 Å². The van der Waals surface area contributed by atoms with E-state index in [1.165, 1.54) is 12.3 Å². The summed E-state index contributed by atoms with van der Waals surface area (Å²) in [7, 11) is 0. The number of pyridine rings is 1. The van der Waals surface area contributed by atoms with Crippen molar-refractivity contribution in [2.45, 2.75) is 25.8 Å². The molecule has 1 saturated heterocycles. The second-order valence-corrected chi connectivity index (χ2v) is 7.52. The number of terminal acetylenes is 1. The average molecular weight is 383 g/mol. The van der Waals surface area contributed by atoms with Crippen LogP contribution in [0.1, 0.15) is 35.3 Å². The van der Waals surface area contributed by atoms with Crippen LogP contribution in [0.4, 0.5) is 10.1 Å². The molecule has 0 bridgehead atoms. The third-order valence-corrected chi connectivity index (χ3v) is 5.86. The molecule has 0 amide bonds. The minimum atomic E-state index is -1.29. The maximum atomic E-state index is 15.2. The fourth-order valence-corrected chi connectivity index (χ4v) is 4.39. The van der Waals surface area contributed by atoms with Gasteiger partial charge in [0.1, 0.15) is 11.4 Å². The Bertz CT molecular complexity index is 1060. The van der Waals surface area contributed by atoms with Crippen molar-refractivity contribution in [1.29, 1.82) is 0 Å². The number of rotatable bonds is 3. The van der Waals surface area contributed by atoms with E-state index in [9.17, 15) is 14.7 Å². The number of aromatic carboxylic acids is 1. The maximum Gasteiger partial charge on any atom is 0.341 e. The molecule has 1 fully saturated rings. The van der Waals surface area contributed by atoms with Crippen LogP contribution in [0.5, 0.6) is 0 Å². The zero-order chi connectivity index (χ0) is 20.0. The van der Waals surface area contributed by atoms with Gasteiger partial charge in [-0.2, -0.15) is 0 Å². The number of carboxylic acid groups (broad SMARTS) is 1. The summed E-state index contributed by atoms with van der Waals surface area (Å²) in [6.07, 6.45) is 8.21. The van der Waals surface area contributed by atoms with Crippen LogP contribution in [-0.4, -0.2) is 53.3 Å². The molecule has 1 unspecified atom stereocenters. The van der Waals surface area contributed by atoms with Gasteiger partial charge in [0.25, 0.3) is 0 Å². The summed E-state index contributed by atoms with van der Waals surface area (Å²) in [6.45, 7) is 5.38. The van der Waals surface area contributed by atoms with Crippen molar-refractivity contribution in [3.63, 3.8) is 0 Å². The van der Waals surface area contributed by atoms with Gasteiger partial charge in [-0.15, -0.1) is 6.42 Å². The van der Waals surface area contributed by atoms with Gasteiger partial charge in [0.15, 0.2) is 0 Å². The van der Waals surface area contributed by atoms with Crippen LogP contribution in [0.2, 0.25) is 0 Å². The number of carbonyl (C=O) groups is 1. The van der Waals surface area contributed by atoms with E-state index in [0.717, 1.165) is 25.1 Å². The lowest BCUT2D eigenvalue weighted by atomic mass is 9.93. The summed E-state index contributed by atoms with van der Waals surface area (Å²) < 4.78 is 17.0. The minimum Gasteiger partial charge on any atom is -0.477 e. The molecule has 0 saturated carbocycles. The first kappa shape index (κ1) is 18.5. The molecule has 7 heteroatoms. The van der Waals surface area contributed by atoms with Gasteiger partial charge in [0.05, 0.1) is 17.7 Å². The van der Waals surface area contributed by atoms with Gasteiger partial charge in [-0.25, -0.2) is 9.18 Å². The highest BCUT2D eigenvalue weighted by atomic mass is 19.1. The van der Waals surface area contributed by atoms with Crippen molar-refractivity contribution in [1.82, 2.24) is 9.47 Å². The predicted molar refractivity (Wildman–Crippen MR) is 106 cm³/mol. The van der Waals surface area contributed by atoms with E-state index in [1.54, 1.807) is 0 Å². The number of hydrogen-bond donors (Lipinski definition) is 1. The SMILES string of the molecule is C#CCN1CCN(c2c(F)cc3c(=O)c(C(=O)O)cn4c3c2CCC4C)CC1. The Balaban J connectivity index is 1.88. The molecule has 1 aromatic heterocycles. The number of benzene rings is 1. The molecule has 28 heavy (non-hydrogen) atoms. The summed E-state index contributed by atoms with van der Waals surface area (Å²) in [5.74, 6) is 0.887. The third-order valence-electron chi connectivity index (χ3n) is 5.86. The van der Waals surface area contributed by atoms with Crippen LogP contribution in [0, 0.1) is 18.2 Å². The Morgan fingerprint density at radius 1 is 1.36 bits per heavy atom. The van der Waals surface area contributed by atoms with E-state index in [4.69, 9.17) is 6.42 Å². The zero-order valence-corrected chi connectivity index (χ0v) is 15.7. The lowest BCUT2D eigenvalue weighted by molar-refractivity contribution is 0.0694. The number of piperazine rings is 1. The standard InChI is InChI=1S/C21H22FN3O3/c1-3-6-23-7-9-24(10-8-23)19-14-5-4-13(2)25-12-16(21(27)28)20(26)15(18(14)25)11-17(19)22/h1,11-13H,4-10H2,2H3,(H,27,28). The lowest BCUT2D eigenvalue weighted by Gasteiger charge is -2.38. The van der Waals surface area contributed by atoms with E-state index in [2.05, 4.69) is 10.8 Å². The highest BCUT2D eigenvalue weighted by molar-refractivity contribution is 5.95. The summed E-state index contributed by atoms with van der Waals surface area (Å²) in [4.78, 5) is 28.3. The van der Waals surface area contributed by atoms with Crippen LogP contribution >= 0.6 is 0 Å². The van der Waals surface area contributed by atoms with Crippen LogP contribution in [0.25, 0.3) is 10.9 Å². The first-order chi connectivity index (χ1) is 13.4. The first-order valence-corrected chi connectivity index (χ1v) is 9.46. The van der Waals surface area contributed by atoms with Crippen molar-refractivity contribution in [2.24, 2.45) is 0 Å². The molecule has 146 valence electrons. The molecule has 1 aromatic carbocycles. The second-order valence-electron chi connectivity index (χ2n) is 7.52. The molecule has 2 aliphatic heterocycles. The smallest absolute Gasteiger partial charge is 0.341 e. The fraction of sp³-hybridized carbons (Fsp3) is 0.429. The molecule has 1 atom stereocenters. The maximum absolute atomic E-state index is 15.2. The molecular weight excluding hydrogens is 361 g/mol.